The molecule has 5 atom stereocenters. The fourth-order valence-electron chi connectivity index (χ4n) is 10.9. The molecule has 2 fully saturated rings. The number of methoxy groups -OCH3 is 1. The van der Waals surface area contributed by atoms with Crippen LogP contribution in [-0.2, 0) is 27.8 Å². The summed E-state index contributed by atoms with van der Waals surface area (Å²) < 4.78 is 13.2. The third-order valence-electron chi connectivity index (χ3n) is 13.2. The largest absolute Gasteiger partial charge is 0.493 e. The molecule has 0 aromatic heterocycles. The first-order valence-corrected chi connectivity index (χ1v) is 20.5. The summed E-state index contributed by atoms with van der Waals surface area (Å²) in [6, 6.07) is 36.7. The van der Waals surface area contributed by atoms with Crippen molar-refractivity contribution in [2.45, 2.75) is 107 Å². The molecule has 2 aliphatic heterocycles. The van der Waals surface area contributed by atoms with Crippen molar-refractivity contribution in [2.75, 3.05) is 26.7 Å². The van der Waals surface area contributed by atoms with Crippen molar-refractivity contribution in [1.82, 2.24) is 9.80 Å². The number of Topliss-reactive ketones (excluding diaryl/α,β-unsaturated/α-hetero) is 1. The van der Waals surface area contributed by atoms with Gasteiger partial charge in [-0.05, 0) is 92.7 Å². The van der Waals surface area contributed by atoms with Crippen LogP contribution in [-0.4, -0.2) is 66.4 Å². The van der Waals surface area contributed by atoms with E-state index < -0.39 is 0 Å². The van der Waals surface area contributed by atoms with E-state index in [9.17, 15) is 9.59 Å². The van der Waals surface area contributed by atoms with Gasteiger partial charge in [-0.25, -0.2) is 0 Å². The number of hydrogen-bond donors (Lipinski definition) is 0. The number of unbranched alkanes of at least 4 members (excludes halogenated alkanes) is 4. The molecule has 0 N–H and O–H groups in total. The molecule has 1 amide bonds. The number of amides is 1. The van der Waals surface area contributed by atoms with Crippen LogP contribution in [0.4, 0.5) is 0 Å². The summed E-state index contributed by atoms with van der Waals surface area (Å²) in [5.74, 6) is 2.54. The van der Waals surface area contributed by atoms with Crippen LogP contribution < -0.4 is 9.47 Å². The second-order valence-corrected chi connectivity index (χ2v) is 16.3. The van der Waals surface area contributed by atoms with Gasteiger partial charge in [0.25, 0.3) is 0 Å². The zero-order chi connectivity index (χ0) is 37.1. The molecule has 54 heavy (non-hydrogen) atoms. The number of benzene rings is 4. The van der Waals surface area contributed by atoms with Crippen LogP contribution in [0.15, 0.2) is 103 Å². The molecular weight excluding hydrogens is 669 g/mol. The lowest BCUT2D eigenvalue weighted by Crippen LogP contribution is -2.69. The summed E-state index contributed by atoms with van der Waals surface area (Å²) in [5, 5.41) is 0. The maximum absolute atomic E-state index is 14.9. The number of nitrogens with zero attached hydrogens (tertiary/aromatic N) is 2. The molecule has 282 valence electrons. The minimum Gasteiger partial charge on any atom is -0.493 e. The van der Waals surface area contributed by atoms with Crippen molar-refractivity contribution >= 4 is 11.7 Å². The summed E-state index contributed by atoms with van der Waals surface area (Å²) >= 11 is 0. The van der Waals surface area contributed by atoms with Gasteiger partial charge in [-0.3, -0.25) is 14.5 Å². The Morgan fingerprint density at radius 3 is 2.20 bits per heavy atom. The molecule has 1 saturated carbocycles. The van der Waals surface area contributed by atoms with Gasteiger partial charge in [-0.1, -0.05) is 116 Å². The number of hydrogen-bond acceptors (Lipinski definition) is 5. The number of ether oxygens (including phenoxy) is 2. The Balaban J connectivity index is 1.09. The lowest BCUT2D eigenvalue weighted by Gasteiger charge is -2.60. The molecule has 1 saturated heterocycles. The number of carbonyl (C=O) groups is 2. The molecule has 6 heteroatoms. The number of aryl methyl sites for hydroxylation is 1. The van der Waals surface area contributed by atoms with E-state index >= 15 is 0 Å². The van der Waals surface area contributed by atoms with Crippen molar-refractivity contribution in [3.8, 4) is 11.5 Å². The monoisotopic (exact) mass is 724 g/mol. The summed E-state index contributed by atoms with van der Waals surface area (Å²) in [6.45, 7) is 3.68. The molecule has 8 rings (SSSR count). The van der Waals surface area contributed by atoms with Gasteiger partial charge in [0, 0.05) is 35.9 Å². The highest BCUT2D eigenvalue weighted by Crippen LogP contribution is 2.64. The molecule has 2 aliphatic carbocycles. The van der Waals surface area contributed by atoms with E-state index in [0.29, 0.717) is 25.4 Å². The topological polar surface area (TPSA) is 59.1 Å². The van der Waals surface area contributed by atoms with Gasteiger partial charge in [0.2, 0.25) is 5.91 Å². The quantitative estimate of drug-likeness (QED) is 0.108. The molecule has 6 nitrogen and oxygen atoms in total. The minimum absolute atomic E-state index is 0.0370. The molecule has 2 bridgehead atoms. The number of rotatable bonds is 16. The van der Waals surface area contributed by atoms with E-state index in [1.165, 1.54) is 40.7 Å². The first kappa shape index (κ1) is 36.6. The summed E-state index contributed by atoms with van der Waals surface area (Å²) in [4.78, 5) is 32.1. The Morgan fingerprint density at radius 2 is 1.52 bits per heavy atom. The second kappa shape index (κ2) is 16.1. The zero-order valence-corrected chi connectivity index (χ0v) is 32.1. The molecule has 4 aromatic carbocycles. The van der Waals surface area contributed by atoms with Gasteiger partial charge >= 0.3 is 0 Å². The van der Waals surface area contributed by atoms with Crippen LogP contribution in [0.2, 0.25) is 0 Å². The normalized spacial score (nSPS) is 23.8. The van der Waals surface area contributed by atoms with Crippen molar-refractivity contribution in [2.24, 2.45) is 5.92 Å². The standard InChI is InChI=1S/C48H56N2O4/c1-34(51)32-49-30-29-48-40-26-27-41(47(48)54-46-43(53-2)28-25-38(45(46)48)31-42(40)49)50(33-39(36-20-12-7-13-21-36)37-22-14-8-15-23-37)44(52)24-16-5-3-4-9-17-35-18-10-6-11-19-35/h6-8,10-15,18-23,25,28,39-42,47H,3-5,9,16-17,24,26-27,29-33H2,1-2H3/t40-,41-,42+,47-,48-/m0/s1. The van der Waals surface area contributed by atoms with Crippen molar-refractivity contribution < 1.29 is 19.1 Å². The van der Waals surface area contributed by atoms with Crippen LogP contribution in [0, 0.1) is 5.92 Å². The Bertz CT molecular complexity index is 1860. The predicted octanol–water partition coefficient (Wildman–Crippen LogP) is 8.94. The van der Waals surface area contributed by atoms with Gasteiger partial charge in [-0.15, -0.1) is 0 Å². The molecule has 2 heterocycles. The van der Waals surface area contributed by atoms with E-state index in [1.807, 2.05) is 0 Å². The van der Waals surface area contributed by atoms with Crippen LogP contribution in [0.1, 0.15) is 98.4 Å². The van der Waals surface area contributed by atoms with Crippen molar-refractivity contribution in [1.29, 1.82) is 0 Å². The van der Waals surface area contributed by atoms with Crippen LogP contribution in [0.3, 0.4) is 0 Å². The average molecular weight is 725 g/mol. The maximum Gasteiger partial charge on any atom is 0.222 e. The summed E-state index contributed by atoms with van der Waals surface area (Å²) in [7, 11) is 1.74. The third-order valence-corrected chi connectivity index (χ3v) is 13.2. The lowest BCUT2D eigenvalue weighted by molar-refractivity contribution is -0.144. The van der Waals surface area contributed by atoms with Crippen molar-refractivity contribution in [3.63, 3.8) is 0 Å². The average Bonchev–Trinajstić information content (AvgIpc) is 3.55. The van der Waals surface area contributed by atoms with Gasteiger partial charge in [0.15, 0.2) is 11.5 Å². The fourth-order valence-corrected chi connectivity index (χ4v) is 10.9. The van der Waals surface area contributed by atoms with E-state index in [-0.39, 0.29) is 41.2 Å². The van der Waals surface area contributed by atoms with E-state index in [4.69, 9.17) is 9.47 Å². The highest BCUT2D eigenvalue weighted by atomic mass is 16.5. The summed E-state index contributed by atoms with van der Waals surface area (Å²) in [6.07, 6.45) is 10.7. The first-order valence-electron chi connectivity index (χ1n) is 20.5. The molecule has 1 spiro atoms. The van der Waals surface area contributed by atoms with Gasteiger partial charge in [0.05, 0.1) is 19.7 Å². The van der Waals surface area contributed by atoms with Gasteiger partial charge < -0.3 is 14.4 Å². The van der Waals surface area contributed by atoms with Gasteiger partial charge in [-0.2, -0.15) is 0 Å². The van der Waals surface area contributed by atoms with Crippen LogP contribution >= 0.6 is 0 Å². The number of piperidine rings is 1. The minimum atomic E-state index is -0.218. The number of carbonyl (C=O) groups excluding carboxylic acids is 2. The zero-order valence-electron chi connectivity index (χ0n) is 32.1. The number of likely N-dealkylation sites (tertiary alicyclic amines) is 1. The highest BCUT2D eigenvalue weighted by molar-refractivity contribution is 5.78. The van der Waals surface area contributed by atoms with Crippen molar-refractivity contribution in [3.05, 3.63) is 131 Å². The summed E-state index contributed by atoms with van der Waals surface area (Å²) in [5.41, 5.74) is 6.28. The van der Waals surface area contributed by atoms with Crippen LogP contribution in [0.5, 0.6) is 11.5 Å². The Morgan fingerprint density at radius 1 is 0.852 bits per heavy atom. The second-order valence-electron chi connectivity index (χ2n) is 16.3. The molecular formula is C48H56N2O4. The lowest BCUT2D eigenvalue weighted by atomic mass is 9.51. The van der Waals surface area contributed by atoms with Gasteiger partial charge in [0.1, 0.15) is 11.9 Å². The number of ketones is 1. The van der Waals surface area contributed by atoms with E-state index in [0.717, 1.165) is 69.4 Å². The fraction of sp³-hybridized carbons (Fsp3) is 0.458. The van der Waals surface area contributed by atoms with Crippen LogP contribution in [0.25, 0.3) is 0 Å². The highest BCUT2D eigenvalue weighted by Gasteiger charge is 2.66. The SMILES string of the molecule is COc1ccc2c3c1O[C@H]1[C@@H](N(CC(c4ccccc4)c4ccccc4)C(=O)CCCCCCCc4ccccc4)CC[C@H]4[C@@H](C2)N(CC(C)=O)CC[C@@]341. The Kier molecular flexibility index (Phi) is 10.9. The molecule has 4 aliphatic rings. The molecule has 4 aromatic rings. The molecule has 0 radical (unpaired) electrons. The molecule has 0 unspecified atom stereocenters. The third kappa shape index (κ3) is 6.98. The van der Waals surface area contributed by atoms with E-state index in [2.05, 4.69) is 113 Å². The van der Waals surface area contributed by atoms with E-state index in [1.54, 1.807) is 14.0 Å². The predicted molar refractivity (Wildman–Crippen MR) is 214 cm³/mol. The Labute approximate surface area is 321 Å². The first-order chi connectivity index (χ1) is 26.5. The maximum atomic E-state index is 14.9. The Hall–Kier alpha value is -4.42. The smallest absolute Gasteiger partial charge is 0.222 e.